The Morgan fingerprint density at radius 2 is 1.64 bits per heavy atom. The molecule has 1 aliphatic heterocycles. The molecule has 2 fully saturated rings. The van der Waals surface area contributed by atoms with Crippen molar-refractivity contribution in [2.75, 3.05) is 28.6 Å². The van der Waals surface area contributed by atoms with Crippen LogP contribution in [0.3, 0.4) is 0 Å². The molecule has 12 nitrogen and oxygen atoms in total. The molecule has 3 aromatic heterocycles. The Hall–Kier alpha value is -4.56. The number of anilines is 3. The van der Waals surface area contributed by atoms with Crippen LogP contribution in [0.2, 0.25) is 0 Å². The molecule has 2 atom stereocenters. The highest BCUT2D eigenvalue weighted by Crippen LogP contribution is 2.42. The van der Waals surface area contributed by atoms with Gasteiger partial charge in [-0.15, -0.1) is 0 Å². The third-order valence-electron chi connectivity index (χ3n) is 7.46. The Balaban J connectivity index is 1.44. The molecule has 3 N–H and O–H groups in total. The summed E-state index contributed by atoms with van der Waals surface area (Å²) in [5, 5.41) is 7.78. The van der Waals surface area contributed by atoms with Crippen molar-refractivity contribution in [3.63, 3.8) is 0 Å². The summed E-state index contributed by atoms with van der Waals surface area (Å²) in [7, 11) is 0. The molecule has 4 heterocycles. The molecule has 0 spiro atoms. The first kappa shape index (κ1) is 33.8. The van der Waals surface area contributed by atoms with Gasteiger partial charge >= 0.3 is 18.4 Å². The van der Waals surface area contributed by atoms with Crippen molar-refractivity contribution < 1.29 is 41.4 Å². The maximum atomic E-state index is 14.1. The van der Waals surface area contributed by atoms with E-state index in [4.69, 9.17) is 13.9 Å². The summed E-state index contributed by atoms with van der Waals surface area (Å²) in [6.07, 6.45) is -0.213. The zero-order chi connectivity index (χ0) is 34.3. The maximum Gasteiger partial charge on any atom is 0.414 e. The van der Waals surface area contributed by atoms with Crippen LogP contribution >= 0.6 is 0 Å². The van der Waals surface area contributed by atoms with Crippen molar-refractivity contribution in [2.24, 2.45) is 5.92 Å². The molecule has 1 saturated carbocycles. The summed E-state index contributed by atoms with van der Waals surface area (Å²) in [5.41, 5.74) is -0.0284. The van der Waals surface area contributed by atoms with Crippen LogP contribution < -0.4 is 20.9 Å². The van der Waals surface area contributed by atoms with Crippen LogP contribution in [0.1, 0.15) is 82.6 Å². The summed E-state index contributed by atoms with van der Waals surface area (Å²) in [6.45, 7) is 9.60. The van der Waals surface area contributed by atoms with Crippen LogP contribution in [-0.2, 0) is 9.47 Å². The number of ether oxygens (including phenoxy) is 2. The lowest BCUT2D eigenvalue weighted by Gasteiger charge is -2.40. The minimum atomic E-state index is -4.55. The van der Waals surface area contributed by atoms with Gasteiger partial charge < -0.3 is 29.4 Å². The van der Waals surface area contributed by atoms with Crippen LogP contribution in [0.25, 0.3) is 11.1 Å². The van der Waals surface area contributed by atoms with Gasteiger partial charge in [-0.3, -0.25) is 20.1 Å². The molecule has 3 amide bonds. The van der Waals surface area contributed by atoms with Crippen LogP contribution in [0, 0.1) is 5.92 Å². The quantitative estimate of drug-likeness (QED) is 0.255. The van der Waals surface area contributed by atoms with E-state index >= 15 is 0 Å². The average molecular weight is 661 g/mol. The molecule has 1 aliphatic carbocycles. The molecule has 5 rings (SSSR count). The SMILES string of the molecule is CC(C)(C)OC(=O)Nc1oc2cc(C3CC3)cnc2c1C(=O)Nc1cnccc1N1CC(NC(=O)OC(C)(C)C)CC(C(F)(F)F)C1. The average Bonchev–Trinajstić information content (AvgIpc) is 3.71. The second-order valence-electron chi connectivity index (χ2n) is 13.9. The lowest BCUT2D eigenvalue weighted by Crippen LogP contribution is -2.54. The van der Waals surface area contributed by atoms with E-state index in [2.05, 4.69) is 25.9 Å². The van der Waals surface area contributed by atoms with Crippen LogP contribution in [0.15, 0.2) is 35.1 Å². The zero-order valence-corrected chi connectivity index (χ0v) is 27.1. The van der Waals surface area contributed by atoms with E-state index in [0.29, 0.717) is 5.92 Å². The summed E-state index contributed by atoms with van der Waals surface area (Å²) in [5.74, 6) is -2.38. The number of alkyl carbamates (subject to hydrolysis) is 1. The molecule has 15 heteroatoms. The van der Waals surface area contributed by atoms with E-state index in [9.17, 15) is 27.6 Å². The Labute approximate surface area is 269 Å². The van der Waals surface area contributed by atoms with E-state index in [1.165, 1.54) is 23.4 Å². The number of furan rings is 1. The number of rotatable bonds is 6. The number of nitrogens with one attached hydrogen (secondary N) is 3. The van der Waals surface area contributed by atoms with E-state index in [-0.39, 0.29) is 46.9 Å². The summed E-state index contributed by atoms with van der Waals surface area (Å²) >= 11 is 0. The number of nitrogens with zero attached hydrogens (tertiary/aromatic N) is 3. The summed E-state index contributed by atoms with van der Waals surface area (Å²) in [6, 6.07) is 2.34. The number of piperidine rings is 1. The van der Waals surface area contributed by atoms with E-state index in [1.54, 1.807) is 53.8 Å². The summed E-state index contributed by atoms with van der Waals surface area (Å²) in [4.78, 5) is 49.1. The molecule has 3 aromatic rings. The maximum absolute atomic E-state index is 14.1. The number of carbonyl (C=O) groups excluding carboxylic acids is 3. The molecular formula is C32H39F3N6O6. The number of alkyl halides is 3. The molecule has 0 bridgehead atoms. The molecule has 0 aromatic carbocycles. The molecule has 254 valence electrons. The van der Waals surface area contributed by atoms with Crippen molar-refractivity contribution in [2.45, 2.75) is 90.1 Å². The van der Waals surface area contributed by atoms with Crippen LogP contribution in [-0.4, -0.2) is 64.6 Å². The van der Waals surface area contributed by atoms with Gasteiger partial charge in [-0.25, -0.2) is 9.59 Å². The third kappa shape index (κ3) is 8.63. The van der Waals surface area contributed by atoms with Crippen molar-refractivity contribution in [1.29, 1.82) is 0 Å². The van der Waals surface area contributed by atoms with Crippen molar-refractivity contribution in [3.05, 3.63) is 41.9 Å². The molecule has 1 saturated heterocycles. The molecule has 47 heavy (non-hydrogen) atoms. The van der Waals surface area contributed by atoms with Gasteiger partial charge in [-0.05, 0) is 84.4 Å². The fourth-order valence-corrected chi connectivity index (χ4v) is 5.38. The normalized spacial score (nSPS) is 18.9. The fourth-order valence-electron chi connectivity index (χ4n) is 5.38. The van der Waals surface area contributed by atoms with Gasteiger partial charge in [0.2, 0.25) is 5.88 Å². The van der Waals surface area contributed by atoms with E-state index in [0.717, 1.165) is 18.4 Å². The minimum absolute atomic E-state index is 0.00426. The molecular weight excluding hydrogens is 621 g/mol. The predicted molar refractivity (Wildman–Crippen MR) is 168 cm³/mol. The van der Waals surface area contributed by atoms with E-state index in [1.807, 2.05) is 0 Å². The first-order valence-electron chi connectivity index (χ1n) is 15.4. The van der Waals surface area contributed by atoms with Crippen LogP contribution in [0.5, 0.6) is 0 Å². The number of amides is 3. The predicted octanol–water partition coefficient (Wildman–Crippen LogP) is 6.98. The van der Waals surface area contributed by atoms with Gasteiger partial charge in [0.05, 0.1) is 29.5 Å². The second-order valence-corrected chi connectivity index (χ2v) is 13.9. The smallest absolute Gasteiger partial charge is 0.414 e. The monoisotopic (exact) mass is 660 g/mol. The Bertz CT molecular complexity index is 1660. The number of carbonyl (C=O) groups is 3. The van der Waals surface area contributed by atoms with Crippen LogP contribution in [0.4, 0.5) is 40.0 Å². The number of pyridine rings is 2. The lowest BCUT2D eigenvalue weighted by molar-refractivity contribution is -0.177. The third-order valence-corrected chi connectivity index (χ3v) is 7.46. The number of hydrogen-bond acceptors (Lipinski definition) is 9. The van der Waals surface area contributed by atoms with Crippen molar-refractivity contribution in [1.82, 2.24) is 15.3 Å². The zero-order valence-electron chi connectivity index (χ0n) is 27.1. The van der Waals surface area contributed by atoms with E-state index < -0.39 is 54.0 Å². The number of hydrogen-bond donors (Lipinski definition) is 3. The highest BCUT2D eigenvalue weighted by molar-refractivity contribution is 6.16. The van der Waals surface area contributed by atoms with Gasteiger partial charge in [-0.2, -0.15) is 13.2 Å². The molecule has 2 aliphatic rings. The number of halogens is 3. The van der Waals surface area contributed by atoms with Gasteiger partial charge in [-0.1, -0.05) is 0 Å². The molecule has 2 unspecified atom stereocenters. The number of aromatic nitrogens is 2. The van der Waals surface area contributed by atoms with Gasteiger partial charge in [0.15, 0.2) is 5.58 Å². The van der Waals surface area contributed by atoms with Gasteiger partial charge in [0.25, 0.3) is 5.91 Å². The highest BCUT2D eigenvalue weighted by atomic mass is 19.4. The first-order valence-corrected chi connectivity index (χ1v) is 15.4. The summed E-state index contributed by atoms with van der Waals surface area (Å²) < 4.78 is 58.8. The lowest BCUT2D eigenvalue weighted by atomic mass is 9.93. The second kappa shape index (κ2) is 12.6. The largest absolute Gasteiger partial charge is 0.444 e. The Morgan fingerprint density at radius 1 is 0.957 bits per heavy atom. The topological polar surface area (TPSA) is 148 Å². The Kier molecular flexibility index (Phi) is 9.03. The van der Waals surface area contributed by atoms with Crippen molar-refractivity contribution >= 4 is 46.5 Å². The fraction of sp³-hybridized carbons (Fsp3) is 0.531. The molecule has 0 radical (unpaired) electrons. The standard InChI is InChI=1S/C32H39F3N6O6/c1-30(2,3)46-28(43)38-20-12-19(32(33,34)35)15-41(16-20)22-9-10-36-14-21(22)39-26(42)24-25-23(11-18(13-37-25)17-7-8-17)45-27(24)40-29(44)47-31(4,5)6/h9-11,13-14,17,19-20H,7-8,12,15-16H2,1-6H3,(H,38,43)(H,39,42)(H,40,44). The highest BCUT2D eigenvalue weighted by Gasteiger charge is 2.45. The van der Waals surface area contributed by atoms with Gasteiger partial charge in [0, 0.05) is 25.5 Å². The van der Waals surface area contributed by atoms with Crippen molar-refractivity contribution in [3.8, 4) is 0 Å². The van der Waals surface area contributed by atoms with Gasteiger partial charge in [0.1, 0.15) is 22.3 Å². The first-order chi connectivity index (χ1) is 21.9. The number of fused-ring (bicyclic) bond motifs is 1. The Morgan fingerprint density at radius 3 is 2.28 bits per heavy atom. The minimum Gasteiger partial charge on any atom is -0.444 e.